The molecule has 3 nitrogen and oxygen atoms in total. The van der Waals surface area contributed by atoms with Gasteiger partial charge in [-0.15, -0.1) is 0 Å². The number of esters is 1. The quantitative estimate of drug-likeness (QED) is 0.789. The maximum atomic E-state index is 11.3. The van der Waals surface area contributed by atoms with E-state index in [4.69, 9.17) is 5.73 Å². The van der Waals surface area contributed by atoms with Crippen LogP contribution in [0.4, 0.5) is 0 Å². The van der Waals surface area contributed by atoms with Gasteiger partial charge >= 0.3 is 5.97 Å². The number of methoxy groups -OCH3 is 1. The lowest BCUT2D eigenvalue weighted by Gasteiger charge is -2.15. The van der Waals surface area contributed by atoms with Crippen molar-refractivity contribution < 1.29 is 9.53 Å². The SMILES string of the molecule is COC(=O)C(N)Cc1ccccc1C(C)C. The smallest absolute Gasteiger partial charge is 0.322 e. The fraction of sp³-hybridized carbons (Fsp3) is 0.462. The molecule has 1 unspecified atom stereocenters. The molecular formula is C13H19NO2. The Morgan fingerprint density at radius 3 is 2.56 bits per heavy atom. The van der Waals surface area contributed by atoms with E-state index in [-0.39, 0.29) is 5.97 Å². The van der Waals surface area contributed by atoms with E-state index < -0.39 is 6.04 Å². The molecule has 0 bridgehead atoms. The Hall–Kier alpha value is -1.35. The van der Waals surface area contributed by atoms with E-state index >= 15 is 0 Å². The summed E-state index contributed by atoms with van der Waals surface area (Å²) in [6.45, 7) is 4.25. The van der Waals surface area contributed by atoms with E-state index in [2.05, 4.69) is 24.7 Å². The monoisotopic (exact) mass is 221 g/mol. The van der Waals surface area contributed by atoms with E-state index in [1.54, 1.807) is 0 Å². The zero-order valence-electron chi connectivity index (χ0n) is 10.1. The predicted molar refractivity (Wildman–Crippen MR) is 64.2 cm³/mol. The van der Waals surface area contributed by atoms with Crippen molar-refractivity contribution in [1.29, 1.82) is 0 Å². The second-order valence-corrected chi connectivity index (χ2v) is 4.19. The lowest BCUT2D eigenvalue weighted by molar-refractivity contribution is -0.142. The van der Waals surface area contributed by atoms with Crippen LogP contribution in [0.5, 0.6) is 0 Å². The summed E-state index contributed by atoms with van der Waals surface area (Å²) < 4.78 is 4.62. The van der Waals surface area contributed by atoms with Crippen LogP contribution in [0, 0.1) is 0 Å². The number of benzene rings is 1. The molecule has 1 atom stereocenters. The molecule has 0 fully saturated rings. The summed E-state index contributed by atoms with van der Waals surface area (Å²) >= 11 is 0. The lowest BCUT2D eigenvalue weighted by atomic mass is 9.93. The molecule has 16 heavy (non-hydrogen) atoms. The van der Waals surface area contributed by atoms with Crippen molar-refractivity contribution in [2.75, 3.05) is 7.11 Å². The molecule has 0 radical (unpaired) electrons. The molecule has 2 N–H and O–H groups in total. The molecule has 0 amide bonds. The molecule has 1 aromatic carbocycles. The second-order valence-electron chi connectivity index (χ2n) is 4.19. The van der Waals surface area contributed by atoms with Gasteiger partial charge in [-0.05, 0) is 23.5 Å². The van der Waals surface area contributed by atoms with Crippen LogP contribution in [-0.4, -0.2) is 19.1 Å². The highest BCUT2D eigenvalue weighted by atomic mass is 16.5. The van der Waals surface area contributed by atoms with Gasteiger partial charge in [0.15, 0.2) is 0 Å². The molecule has 0 saturated carbocycles. The third kappa shape index (κ3) is 3.07. The van der Waals surface area contributed by atoms with Crippen LogP contribution in [0.2, 0.25) is 0 Å². The van der Waals surface area contributed by atoms with E-state index in [1.807, 2.05) is 18.2 Å². The minimum absolute atomic E-state index is 0.362. The summed E-state index contributed by atoms with van der Waals surface area (Å²) in [6.07, 6.45) is 0.529. The van der Waals surface area contributed by atoms with E-state index in [0.717, 1.165) is 5.56 Å². The molecular weight excluding hydrogens is 202 g/mol. The van der Waals surface area contributed by atoms with E-state index in [1.165, 1.54) is 12.7 Å². The number of hydrogen-bond donors (Lipinski definition) is 1. The molecule has 0 heterocycles. The van der Waals surface area contributed by atoms with Gasteiger partial charge in [0.05, 0.1) is 7.11 Å². The van der Waals surface area contributed by atoms with Crippen LogP contribution in [-0.2, 0) is 16.0 Å². The molecule has 88 valence electrons. The highest BCUT2D eigenvalue weighted by Crippen LogP contribution is 2.20. The molecule has 0 spiro atoms. The number of carbonyl (C=O) groups excluding carboxylic acids is 1. The Morgan fingerprint density at radius 2 is 2.00 bits per heavy atom. The fourth-order valence-corrected chi connectivity index (χ4v) is 1.75. The standard InChI is InChI=1S/C13H19NO2/c1-9(2)11-7-5-4-6-10(11)8-12(14)13(15)16-3/h4-7,9,12H,8,14H2,1-3H3. The van der Waals surface area contributed by atoms with Crippen LogP contribution in [0.3, 0.4) is 0 Å². The van der Waals surface area contributed by atoms with Gasteiger partial charge in [0.25, 0.3) is 0 Å². The summed E-state index contributed by atoms with van der Waals surface area (Å²) in [5.74, 6) is 0.0691. The molecule has 0 aliphatic carbocycles. The van der Waals surface area contributed by atoms with Gasteiger partial charge in [0.2, 0.25) is 0 Å². The third-order valence-corrected chi connectivity index (χ3v) is 2.62. The zero-order valence-corrected chi connectivity index (χ0v) is 10.1. The predicted octanol–water partition coefficient (Wildman–Crippen LogP) is 1.85. The minimum Gasteiger partial charge on any atom is -0.468 e. The first-order valence-electron chi connectivity index (χ1n) is 5.47. The molecule has 3 heteroatoms. The van der Waals surface area contributed by atoms with Crippen LogP contribution < -0.4 is 5.73 Å². The fourth-order valence-electron chi connectivity index (χ4n) is 1.75. The topological polar surface area (TPSA) is 52.3 Å². The van der Waals surface area contributed by atoms with Crippen molar-refractivity contribution in [2.24, 2.45) is 5.73 Å². The summed E-state index contributed by atoms with van der Waals surface area (Å²) in [5, 5.41) is 0. The molecule has 0 aromatic heterocycles. The lowest BCUT2D eigenvalue weighted by Crippen LogP contribution is -2.34. The maximum absolute atomic E-state index is 11.3. The largest absolute Gasteiger partial charge is 0.468 e. The minimum atomic E-state index is -0.579. The number of rotatable bonds is 4. The summed E-state index contributed by atoms with van der Waals surface area (Å²) in [7, 11) is 1.36. The molecule has 1 aromatic rings. The summed E-state index contributed by atoms with van der Waals surface area (Å²) in [5.41, 5.74) is 8.11. The van der Waals surface area contributed by atoms with Gasteiger partial charge in [0, 0.05) is 0 Å². The average molecular weight is 221 g/mol. The number of ether oxygens (including phenoxy) is 1. The van der Waals surface area contributed by atoms with Gasteiger partial charge in [0.1, 0.15) is 6.04 Å². The number of nitrogens with two attached hydrogens (primary N) is 1. The first-order chi connectivity index (χ1) is 7.56. The Morgan fingerprint density at radius 1 is 1.38 bits per heavy atom. The number of carbonyl (C=O) groups is 1. The van der Waals surface area contributed by atoms with Crippen molar-refractivity contribution in [1.82, 2.24) is 0 Å². The average Bonchev–Trinajstić information content (AvgIpc) is 2.28. The van der Waals surface area contributed by atoms with Crippen molar-refractivity contribution >= 4 is 5.97 Å². The number of hydrogen-bond acceptors (Lipinski definition) is 3. The Bertz CT molecular complexity index is 361. The Labute approximate surface area is 96.6 Å². The highest BCUT2D eigenvalue weighted by Gasteiger charge is 2.16. The molecule has 0 saturated heterocycles. The maximum Gasteiger partial charge on any atom is 0.322 e. The van der Waals surface area contributed by atoms with Gasteiger partial charge in [-0.25, -0.2) is 0 Å². The van der Waals surface area contributed by atoms with Crippen LogP contribution in [0.25, 0.3) is 0 Å². The van der Waals surface area contributed by atoms with Crippen LogP contribution >= 0.6 is 0 Å². The van der Waals surface area contributed by atoms with Gasteiger partial charge in [-0.3, -0.25) is 4.79 Å². The van der Waals surface area contributed by atoms with Crippen LogP contribution in [0.1, 0.15) is 30.9 Å². The highest BCUT2D eigenvalue weighted by molar-refractivity contribution is 5.75. The first kappa shape index (κ1) is 12.7. The van der Waals surface area contributed by atoms with Crippen molar-refractivity contribution in [2.45, 2.75) is 32.2 Å². The Kier molecular flexibility index (Phi) is 4.50. The summed E-state index contributed by atoms with van der Waals surface area (Å²) in [4.78, 5) is 11.3. The zero-order chi connectivity index (χ0) is 12.1. The van der Waals surface area contributed by atoms with E-state index in [0.29, 0.717) is 12.3 Å². The molecule has 0 aliphatic heterocycles. The first-order valence-corrected chi connectivity index (χ1v) is 5.47. The third-order valence-electron chi connectivity index (χ3n) is 2.62. The molecule has 0 aliphatic rings. The van der Waals surface area contributed by atoms with Gasteiger partial charge in [-0.1, -0.05) is 38.1 Å². The normalized spacial score (nSPS) is 12.6. The Balaban J connectivity index is 2.84. The van der Waals surface area contributed by atoms with Crippen molar-refractivity contribution in [3.05, 3.63) is 35.4 Å². The van der Waals surface area contributed by atoms with E-state index in [9.17, 15) is 4.79 Å². The van der Waals surface area contributed by atoms with Crippen molar-refractivity contribution in [3.8, 4) is 0 Å². The van der Waals surface area contributed by atoms with Crippen LogP contribution in [0.15, 0.2) is 24.3 Å². The van der Waals surface area contributed by atoms with Crippen molar-refractivity contribution in [3.63, 3.8) is 0 Å². The molecule has 1 rings (SSSR count). The second kappa shape index (κ2) is 5.66. The van der Waals surface area contributed by atoms with Gasteiger partial charge < -0.3 is 10.5 Å². The van der Waals surface area contributed by atoms with Gasteiger partial charge in [-0.2, -0.15) is 0 Å². The summed E-state index contributed by atoms with van der Waals surface area (Å²) in [6, 6.07) is 7.47.